The lowest BCUT2D eigenvalue weighted by atomic mass is 9.79. The highest BCUT2D eigenvalue weighted by Crippen LogP contribution is 2.36. The van der Waals surface area contributed by atoms with E-state index in [0.717, 1.165) is 64.2 Å². The molecule has 0 unspecified atom stereocenters. The van der Waals surface area contributed by atoms with E-state index in [9.17, 15) is 24.3 Å². The van der Waals surface area contributed by atoms with Crippen LogP contribution in [-0.4, -0.2) is 70.3 Å². The van der Waals surface area contributed by atoms with E-state index in [1.807, 2.05) is 0 Å². The SMILES string of the molecule is CCCCCCCCCCCCCC(CCCCCCCCCCCCC)(CSCCC(=O)O)C(=O)O.CCCCCCCCCCCCCOC(=O)CCSCCC(=O)OCCCCCCCCCCCCC. The normalized spacial score (nSPS) is 11.4. The number of thioether (sulfide) groups is 2. The molecule has 0 rings (SSSR count). The number of ether oxygens (including phenoxy) is 2. The number of aliphatic carboxylic acids is 2. The number of carboxylic acid groups (broad SMARTS) is 2. The minimum Gasteiger partial charge on any atom is -0.481 e. The standard InChI is InChI=1S/2C32H62O4S/c1-3-5-7-9-11-13-15-17-19-21-23-27-35-31(33)25-29-37-30-26-32(34)36-28-24-22-20-18-16-14-12-10-8-6-4-2;1-3-5-7-9-11-13-15-17-19-21-23-26-32(31(35)36,29-37-28-25-30(33)34)27-24-22-20-18-16-14-12-10-8-6-4-2/h3-30H2,1-2H3;3-29H2,1-2H3,(H,33,34)(H,35,36). The van der Waals surface area contributed by atoms with Crippen molar-refractivity contribution in [2.24, 2.45) is 5.41 Å². The zero-order valence-corrected chi connectivity index (χ0v) is 51.2. The Hall–Kier alpha value is -1.42. The molecule has 0 aromatic carbocycles. The molecule has 8 nitrogen and oxygen atoms in total. The predicted octanol–water partition coefficient (Wildman–Crippen LogP) is 20.9. The fraction of sp³-hybridized carbons (Fsp3) is 0.938. The molecule has 10 heteroatoms. The molecule has 0 atom stereocenters. The van der Waals surface area contributed by atoms with Gasteiger partial charge in [-0.15, -0.1) is 0 Å². The Morgan fingerprint density at radius 1 is 0.324 bits per heavy atom. The molecule has 2 N–H and O–H groups in total. The van der Waals surface area contributed by atoms with E-state index in [-0.39, 0.29) is 18.4 Å². The Morgan fingerprint density at radius 3 is 0.824 bits per heavy atom. The zero-order valence-electron chi connectivity index (χ0n) is 49.6. The fourth-order valence-electron chi connectivity index (χ4n) is 9.69. The highest BCUT2D eigenvalue weighted by Gasteiger charge is 2.37. The first-order chi connectivity index (χ1) is 36.2. The van der Waals surface area contributed by atoms with Gasteiger partial charge in [0, 0.05) is 23.0 Å². The van der Waals surface area contributed by atoms with Crippen LogP contribution in [-0.2, 0) is 28.7 Å². The number of carboxylic acids is 2. The first-order valence-electron chi connectivity index (χ1n) is 32.1. The lowest BCUT2D eigenvalue weighted by molar-refractivity contribution is -0.148. The average Bonchev–Trinajstić information content (AvgIpc) is 3.38. The van der Waals surface area contributed by atoms with Crippen LogP contribution in [0.1, 0.15) is 342 Å². The number of esters is 2. The summed E-state index contributed by atoms with van der Waals surface area (Å²) < 4.78 is 10.7. The van der Waals surface area contributed by atoms with Crippen molar-refractivity contribution >= 4 is 47.4 Å². The summed E-state index contributed by atoms with van der Waals surface area (Å²) in [5, 5.41) is 19.2. The third-order valence-corrected chi connectivity index (χ3v) is 17.0. The van der Waals surface area contributed by atoms with Gasteiger partial charge in [-0.05, 0) is 25.7 Å². The molecule has 0 aliphatic heterocycles. The van der Waals surface area contributed by atoms with Crippen LogP contribution >= 0.6 is 23.5 Å². The van der Waals surface area contributed by atoms with E-state index >= 15 is 0 Å². The van der Waals surface area contributed by atoms with Gasteiger partial charge in [0.2, 0.25) is 0 Å². The number of hydrogen-bond acceptors (Lipinski definition) is 8. The van der Waals surface area contributed by atoms with Crippen LogP contribution in [0.15, 0.2) is 0 Å². The van der Waals surface area contributed by atoms with Gasteiger partial charge >= 0.3 is 23.9 Å². The zero-order chi connectivity index (χ0) is 54.5. The van der Waals surface area contributed by atoms with Crippen molar-refractivity contribution in [1.29, 1.82) is 0 Å². The molecule has 0 bridgehead atoms. The number of carbonyl (C=O) groups is 4. The van der Waals surface area contributed by atoms with Gasteiger partial charge in [0.05, 0.1) is 37.9 Å². The maximum absolute atomic E-state index is 12.4. The average molecular weight is 1090 g/mol. The quantitative estimate of drug-likeness (QED) is 0.0449. The highest BCUT2D eigenvalue weighted by atomic mass is 32.2. The Labute approximate surface area is 467 Å². The molecule has 0 amide bonds. The van der Waals surface area contributed by atoms with E-state index in [1.54, 1.807) is 11.8 Å². The van der Waals surface area contributed by atoms with E-state index in [2.05, 4.69) is 27.7 Å². The third-order valence-electron chi connectivity index (χ3n) is 14.7. The molecule has 0 saturated heterocycles. The van der Waals surface area contributed by atoms with Crippen molar-refractivity contribution in [1.82, 2.24) is 0 Å². The van der Waals surface area contributed by atoms with Crippen LogP contribution in [0.3, 0.4) is 0 Å². The molecule has 0 aromatic heterocycles. The number of carbonyl (C=O) groups excluding carboxylic acids is 2. The third kappa shape index (κ3) is 58.3. The highest BCUT2D eigenvalue weighted by molar-refractivity contribution is 7.99. The maximum atomic E-state index is 12.4. The summed E-state index contributed by atoms with van der Waals surface area (Å²) in [6.07, 6.45) is 58.9. The minimum absolute atomic E-state index is 0.108. The summed E-state index contributed by atoms with van der Waals surface area (Å²) in [6.45, 7) is 10.1. The number of hydrogen-bond donors (Lipinski definition) is 2. The van der Waals surface area contributed by atoms with Crippen LogP contribution in [0.5, 0.6) is 0 Å². The minimum atomic E-state index is -0.802. The van der Waals surface area contributed by atoms with Gasteiger partial charge in [-0.25, -0.2) is 0 Å². The Balaban J connectivity index is 0. The summed E-state index contributed by atoms with van der Waals surface area (Å²) in [6, 6.07) is 0. The van der Waals surface area contributed by atoms with Crippen molar-refractivity contribution in [3.63, 3.8) is 0 Å². The van der Waals surface area contributed by atoms with Gasteiger partial charge in [-0.2, -0.15) is 23.5 Å². The van der Waals surface area contributed by atoms with Crippen LogP contribution < -0.4 is 0 Å². The van der Waals surface area contributed by atoms with Gasteiger partial charge in [-0.1, -0.05) is 297 Å². The summed E-state index contributed by atoms with van der Waals surface area (Å²) in [5.74, 6) is 0.772. The van der Waals surface area contributed by atoms with Gasteiger partial charge in [-0.3, -0.25) is 19.2 Å². The second kappa shape index (κ2) is 62.4. The van der Waals surface area contributed by atoms with Crippen LogP contribution in [0, 0.1) is 5.41 Å². The summed E-state index contributed by atoms with van der Waals surface area (Å²) in [7, 11) is 0. The maximum Gasteiger partial charge on any atom is 0.310 e. The van der Waals surface area contributed by atoms with Crippen molar-refractivity contribution < 1.29 is 38.9 Å². The summed E-state index contributed by atoms with van der Waals surface area (Å²) >= 11 is 3.15. The smallest absolute Gasteiger partial charge is 0.310 e. The molecular weight excluding hydrogens is 961 g/mol. The van der Waals surface area contributed by atoms with E-state index in [0.29, 0.717) is 49.1 Å². The number of rotatable bonds is 60. The lowest BCUT2D eigenvalue weighted by Gasteiger charge is -2.29. The Kier molecular flexibility index (Phi) is 63.0. The summed E-state index contributed by atoms with van der Waals surface area (Å²) in [4.78, 5) is 47.0. The van der Waals surface area contributed by atoms with Crippen molar-refractivity contribution in [3.8, 4) is 0 Å². The van der Waals surface area contributed by atoms with E-state index < -0.39 is 17.4 Å². The van der Waals surface area contributed by atoms with Crippen molar-refractivity contribution in [2.75, 3.05) is 36.2 Å². The largest absolute Gasteiger partial charge is 0.481 e. The molecule has 440 valence electrons. The fourth-order valence-corrected chi connectivity index (χ4v) is 11.8. The van der Waals surface area contributed by atoms with Crippen LogP contribution in [0.25, 0.3) is 0 Å². The van der Waals surface area contributed by atoms with E-state index in [4.69, 9.17) is 14.6 Å². The molecule has 0 heterocycles. The number of unbranched alkanes of at least 4 members (excludes halogenated alkanes) is 40. The molecular formula is C64H124O8S2. The molecule has 0 spiro atoms. The topological polar surface area (TPSA) is 127 Å². The van der Waals surface area contributed by atoms with Gasteiger partial charge in [0.25, 0.3) is 0 Å². The predicted molar refractivity (Wildman–Crippen MR) is 323 cm³/mol. The molecule has 0 aromatic rings. The lowest BCUT2D eigenvalue weighted by Crippen LogP contribution is -2.34. The monoisotopic (exact) mass is 1080 g/mol. The van der Waals surface area contributed by atoms with Crippen LogP contribution in [0.4, 0.5) is 0 Å². The van der Waals surface area contributed by atoms with E-state index in [1.165, 1.54) is 243 Å². The Bertz CT molecular complexity index is 1120. The molecule has 0 aliphatic rings. The van der Waals surface area contributed by atoms with Gasteiger partial charge in [0.1, 0.15) is 0 Å². The molecule has 0 fully saturated rings. The molecule has 74 heavy (non-hydrogen) atoms. The van der Waals surface area contributed by atoms with Crippen LogP contribution in [0.2, 0.25) is 0 Å². The van der Waals surface area contributed by atoms with Crippen molar-refractivity contribution in [2.45, 2.75) is 342 Å². The molecule has 0 radical (unpaired) electrons. The second-order valence-electron chi connectivity index (χ2n) is 22.0. The Morgan fingerprint density at radius 2 is 0.568 bits per heavy atom. The molecule has 0 aliphatic carbocycles. The van der Waals surface area contributed by atoms with Gasteiger partial charge in [0.15, 0.2) is 0 Å². The first kappa shape index (κ1) is 74.7. The molecule has 0 saturated carbocycles. The first-order valence-corrected chi connectivity index (χ1v) is 34.4. The second-order valence-corrected chi connectivity index (χ2v) is 24.3. The van der Waals surface area contributed by atoms with Gasteiger partial charge < -0.3 is 19.7 Å². The van der Waals surface area contributed by atoms with Crippen molar-refractivity contribution in [3.05, 3.63) is 0 Å². The summed E-state index contributed by atoms with van der Waals surface area (Å²) in [5.41, 5.74) is -0.693.